The van der Waals surface area contributed by atoms with Crippen LogP contribution >= 0.6 is 0 Å². The molecule has 32 heavy (non-hydrogen) atoms. The van der Waals surface area contributed by atoms with Crippen molar-refractivity contribution in [3.63, 3.8) is 0 Å². The van der Waals surface area contributed by atoms with Crippen molar-refractivity contribution in [2.75, 3.05) is 68.6 Å². The topological polar surface area (TPSA) is 101 Å². The summed E-state index contributed by atoms with van der Waals surface area (Å²) in [5.74, 6) is 0.827. The highest BCUT2D eigenvalue weighted by atomic mass is 16.5. The van der Waals surface area contributed by atoms with Crippen molar-refractivity contribution in [3.05, 3.63) is 35.5 Å². The van der Waals surface area contributed by atoms with Crippen LogP contribution in [0.25, 0.3) is 0 Å². The van der Waals surface area contributed by atoms with Crippen molar-refractivity contribution in [2.45, 2.75) is 26.2 Å². The number of hydrazone groups is 1. The van der Waals surface area contributed by atoms with Crippen LogP contribution < -0.4 is 20.8 Å². The van der Waals surface area contributed by atoms with Crippen molar-refractivity contribution in [1.82, 2.24) is 14.9 Å². The number of hydrogen-bond donors (Lipinski definition) is 2. The highest BCUT2D eigenvalue weighted by molar-refractivity contribution is 5.80. The summed E-state index contributed by atoms with van der Waals surface area (Å²) in [6, 6.07) is 8.09. The zero-order valence-electron chi connectivity index (χ0n) is 18.8. The van der Waals surface area contributed by atoms with Gasteiger partial charge in [0.25, 0.3) is 0 Å². The third-order valence-corrected chi connectivity index (χ3v) is 5.72. The van der Waals surface area contributed by atoms with Gasteiger partial charge in [-0.05, 0) is 50.6 Å². The molecule has 0 saturated carbocycles. The number of hydrogen-bond acceptors (Lipinski definition) is 9. The smallest absolute Gasteiger partial charge is 0.319 e. The van der Waals surface area contributed by atoms with Gasteiger partial charge in [-0.1, -0.05) is 12.5 Å². The Morgan fingerprint density at radius 1 is 1.12 bits per heavy atom. The summed E-state index contributed by atoms with van der Waals surface area (Å²) in [6.07, 6.45) is 5.53. The monoisotopic (exact) mass is 439 g/mol. The fourth-order valence-electron chi connectivity index (χ4n) is 3.90. The average Bonchev–Trinajstić information content (AvgIpc) is 2.82. The minimum atomic E-state index is 0.377. The molecule has 3 heterocycles. The van der Waals surface area contributed by atoms with Crippen molar-refractivity contribution in [2.24, 2.45) is 5.10 Å². The largest absolute Gasteiger partial charge is 0.462 e. The number of aromatic nitrogens is 2. The Balaban J connectivity index is 1.45. The van der Waals surface area contributed by atoms with Gasteiger partial charge in [0.1, 0.15) is 12.4 Å². The van der Waals surface area contributed by atoms with Crippen LogP contribution in [0.1, 0.15) is 30.5 Å². The molecule has 0 radical (unpaired) electrons. The van der Waals surface area contributed by atoms with Gasteiger partial charge in [0.15, 0.2) is 0 Å². The molecule has 0 bridgehead atoms. The van der Waals surface area contributed by atoms with Crippen LogP contribution in [0.5, 0.6) is 6.01 Å². The van der Waals surface area contributed by atoms with Crippen molar-refractivity contribution < 1.29 is 9.47 Å². The number of nitrogen functional groups attached to an aromatic ring is 1. The first-order valence-corrected chi connectivity index (χ1v) is 11.4. The highest BCUT2D eigenvalue weighted by Crippen LogP contribution is 2.20. The van der Waals surface area contributed by atoms with E-state index in [9.17, 15) is 0 Å². The zero-order valence-corrected chi connectivity index (χ0v) is 18.8. The maximum absolute atomic E-state index is 6.03. The summed E-state index contributed by atoms with van der Waals surface area (Å²) >= 11 is 0. The maximum Gasteiger partial charge on any atom is 0.319 e. The average molecular weight is 440 g/mol. The molecule has 0 atom stereocenters. The van der Waals surface area contributed by atoms with E-state index in [-0.39, 0.29) is 0 Å². The van der Waals surface area contributed by atoms with E-state index in [4.69, 9.17) is 15.2 Å². The number of anilines is 3. The summed E-state index contributed by atoms with van der Waals surface area (Å²) in [5, 5.41) is 4.34. The van der Waals surface area contributed by atoms with Gasteiger partial charge in [-0.15, -0.1) is 0 Å². The van der Waals surface area contributed by atoms with E-state index < -0.39 is 0 Å². The van der Waals surface area contributed by atoms with Crippen LogP contribution in [0, 0.1) is 6.92 Å². The lowest BCUT2D eigenvalue weighted by Gasteiger charge is -2.28. The van der Waals surface area contributed by atoms with Gasteiger partial charge < -0.3 is 20.1 Å². The molecule has 1 aromatic heterocycles. The van der Waals surface area contributed by atoms with Crippen molar-refractivity contribution >= 4 is 23.4 Å². The summed E-state index contributed by atoms with van der Waals surface area (Å²) in [5.41, 5.74) is 12.2. The molecule has 9 heteroatoms. The van der Waals surface area contributed by atoms with Crippen LogP contribution in [0.15, 0.2) is 29.4 Å². The first kappa shape index (κ1) is 22.3. The van der Waals surface area contributed by atoms with E-state index in [0.29, 0.717) is 37.2 Å². The Morgan fingerprint density at radius 2 is 1.94 bits per heavy atom. The van der Waals surface area contributed by atoms with Crippen molar-refractivity contribution in [3.8, 4) is 6.01 Å². The number of ether oxygens (including phenoxy) is 2. The predicted molar refractivity (Wildman–Crippen MR) is 128 cm³/mol. The number of nitrogens with two attached hydrogens (primary N) is 1. The molecular formula is C23H33N7O2. The van der Waals surface area contributed by atoms with Crippen LogP contribution in [0.2, 0.25) is 0 Å². The number of morpholine rings is 1. The first-order valence-electron chi connectivity index (χ1n) is 11.4. The fraction of sp³-hybridized carbons (Fsp3) is 0.522. The second-order valence-electron chi connectivity index (χ2n) is 8.24. The van der Waals surface area contributed by atoms with E-state index >= 15 is 0 Å². The highest BCUT2D eigenvalue weighted by Gasteiger charge is 2.16. The molecule has 2 saturated heterocycles. The van der Waals surface area contributed by atoms with E-state index in [1.54, 1.807) is 6.21 Å². The molecule has 2 aliphatic rings. The lowest BCUT2D eigenvalue weighted by molar-refractivity contribution is 0.122. The minimum absolute atomic E-state index is 0.377. The number of rotatable bonds is 8. The third kappa shape index (κ3) is 6.30. The second-order valence-corrected chi connectivity index (χ2v) is 8.24. The second kappa shape index (κ2) is 11.1. The Kier molecular flexibility index (Phi) is 7.73. The van der Waals surface area contributed by atoms with Gasteiger partial charge in [0.2, 0.25) is 0 Å². The molecule has 2 aromatic rings. The number of nitrogens with zero attached hydrogens (tertiary/aromatic N) is 5. The molecule has 4 rings (SSSR count). The van der Waals surface area contributed by atoms with E-state index in [1.165, 1.54) is 19.3 Å². The maximum atomic E-state index is 6.03. The lowest BCUT2D eigenvalue weighted by Crippen LogP contribution is -2.37. The van der Waals surface area contributed by atoms with Gasteiger partial charge in [-0.3, -0.25) is 10.3 Å². The molecule has 0 spiro atoms. The molecule has 2 fully saturated rings. The zero-order chi connectivity index (χ0) is 22.2. The Morgan fingerprint density at radius 3 is 2.75 bits per heavy atom. The third-order valence-electron chi connectivity index (χ3n) is 5.72. The standard InChI is InChI=1S/C23H33N7O2/c1-18-5-6-20(24)21(15-18)28-25-17-19-16-22(30-10-12-31-13-11-30)27-23(26-19)32-14-9-29-7-3-2-4-8-29/h5-6,15-17,28H,2-4,7-14,24H2,1H3. The van der Waals surface area contributed by atoms with Gasteiger partial charge >= 0.3 is 6.01 Å². The number of piperidine rings is 1. The molecule has 0 unspecified atom stereocenters. The Bertz CT molecular complexity index is 909. The van der Waals surface area contributed by atoms with Gasteiger partial charge in [0.05, 0.1) is 36.5 Å². The number of aryl methyl sites for hydroxylation is 1. The summed E-state index contributed by atoms with van der Waals surface area (Å²) < 4.78 is 11.4. The van der Waals surface area contributed by atoms with Crippen LogP contribution in [0.4, 0.5) is 17.2 Å². The van der Waals surface area contributed by atoms with Gasteiger partial charge in [-0.25, -0.2) is 0 Å². The Labute approximate surface area is 189 Å². The van der Waals surface area contributed by atoms with Crippen LogP contribution in [-0.4, -0.2) is 73.6 Å². The number of likely N-dealkylation sites (tertiary alicyclic amines) is 1. The summed E-state index contributed by atoms with van der Waals surface area (Å²) in [7, 11) is 0. The van der Waals surface area contributed by atoms with E-state index in [0.717, 1.165) is 49.8 Å². The van der Waals surface area contributed by atoms with Crippen molar-refractivity contribution in [1.29, 1.82) is 0 Å². The fourth-order valence-corrected chi connectivity index (χ4v) is 3.90. The summed E-state index contributed by atoms with van der Waals surface area (Å²) in [6.45, 7) is 8.72. The molecule has 0 amide bonds. The molecule has 172 valence electrons. The lowest BCUT2D eigenvalue weighted by atomic mass is 10.1. The van der Waals surface area contributed by atoms with Gasteiger partial charge in [-0.2, -0.15) is 15.1 Å². The normalized spacial score (nSPS) is 17.6. The number of benzene rings is 1. The molecule has 0 aliphatic carbocycles. The van der Waals surface area contributed by atoms with Gasteiger partial charge in [0, 0.05) is 25.7 Å². The molecule has 3 N–H and O–H groups in total. The molecule has 1 aromatic carbocycles. The Hall–Kier alpha value is -2.91. The first-order chi connectivity index (χ1) is 15.7. The van der Waals surface area contributed by atoms with Crippen LogP contribution in [-0.2, 0) is 4.74 Å². The SMILES string of the molecule is Cc1ccc(N)c(NN=Cc2cc(N3CCOCC3)nc(OCCN3CCCCC3)n2)c1. The number of nitrogens with one attached hydrogen (secondary N) is 1. The van der Waals surface area contributed by atoms with E-state index in [2.05, 4.69) is 30.3 Å². The summed E-state index contributed by atoms with van der Waals surface area (Å²) in [4.78, 5) is 13.8. The molecular weight excluding hydrogens is 406 g/mol. The minimum Gasteiger partial charge on any atom is -0.462 e. The molecule has 9 nitrogen and oxygen atoms in total. The molecule has 2 aliphatic heterocycles. The predicted octanol–water partition coefficient (Wildman–Crippen LogP) is 2.51. The van der Waals surface area contributed by atoms with Crippen LogP contribution in [0.3, 0.4) is 0 Å². The van der Waals surface area contributed by atoms with E-state index in [1.807, 2.05) is 31.2 Å². The quantitative estimate of drug-likeness (QED) is 0.368.